The van der Waals surface area contributed by atoms with Gasteiger partial charge in [-0.1, -0.05) is 43.2 Å². The molecule has 1 saturated carbocycles. The summed E-state index contributed by atoms with van der Waals surface area (Å²) in [6.07, 6.45) is 5.25. The van der Waals surface area contributed by atoms with Crippen molar-refractivity contribution >= 4 is 5.97 Å². The fourth-order valence-corrected chi connectivity index (χ4v) is 4.74. The van der Waals surface area contributed by atoms with E-state index in [0.29, 0.717) is 24.5 Å². The van der Waals surface area contributed by atoms with Crippen LogP contribution < -0.4 is 0 Å². The van der Waals surface area contributed by atoms with Crippen LogP contribution in [0.15, 0.2) is 30.3 Å². The predicted octanol–water partition coefficient (Wildman–Crippen LogP) is 4.06. The van der Waals surface area contributed by atoms with Gasteiger partial charge >= 0.3 is 5.97 Å². The Morgan fingerprint density at radius 2 is 1.81 bits per heavy atom. The lowest BCUT2D eigenvalue weighted by Gasteiger charge is -2.47. The molecule has 0 bridgehead atoms. The van der Waals surface area contributed by atoms with Crippen LogP contribution in [0.5, 0.6) is 0 Å². The van der Waals surface area contributed by atoms with Crippen LogP contribution in [0.4, 0.5) is 0 Å². The van der Waals surface area contributed by atoms with Crippen molar-refractivity contribution in [3.8, 4) is 0 Å². The van der Waals surface area contributed by atoms with Crippen molar-refractivity contribution in [1.82, 2.24) is 9.80 Å². The summed E-state index contributed by atoms with van der Waals surface area (Å²) in [5, 5.41) is 0. The summed E-state index contributed by atoms with van der Waals surface area (Å²) < 4.78 is 5.51. The van der Waals surface area contributed by atoms with Crippen molar-refractivity contribution < 1.29 is 9.53 Å². The molecule has 1 heterocycles. The summed E-state index contributed by atoms with van der Waals surface area (Å²) in [4.78, 5) is 17.2. The number of carbonyl (C=O) groups excluding carboxylic acids is 1. The first-order valence-electron chi connectivity index (χ1n) is 10.6. The first kappa shape index (κ1) is 20.3. The molecule has 3 atom stereocenters. The Labute approximate surface area is 164 Å². The van der Waals surface area contributed by atoms with E-state index in [-0.39, 0.29) is 5.97 Å². The quantitative estimate of drug-likeness (QED) is 0.746. The van der Waals surface area contributed by atoms with Crippen LogP contribution in [0, 0.1) is 0 Å². The average molecular weight is 373 g/mol. The van der Waals surface area contributed by atoms with Gasteiger partial charge in [0.1, 0.15) is 5.60 Å². The van der Waals surface area contributed by atoms with Gasteiger partial charge < -0.3 is 4.74 Å². The molecule has 4 nitrogen and oxygen atoms in total. The van der Waals surface area contributed by atoms with Crippen LogP contribution in [0.1, 0.15) is 64.9 Å². The topological polar surface area (TPSA) is 32.8 Å². The Morgan fingerprint density at radius 1 is 1.11 bits per heavy atom. The maximum Gasteiger partial charge on any atom is 0.320 e. The van der Waals surface area contributed by atoms with E-state index in [9.17, 15) is 4.79 Å². The molecule has 1 aliphatic carbocycles. The second-order valence-electron chi connectivity index (χ2n) is 9.27. The van der Waals surface area contributed by atoms with E-state index in [1.54, 1.807) is 0 Å². The van der Waals surface area contributed by atoms with Gasteiger partial charge in [-0.2, -0.15) is 0 Å². The van der Waals surface area contributed by atoms with Gasteiger partial charge in [-0.3, -0.25) is 14.6 Å². The van der Waals surface area contributed by atoms with E-state index in [0.717, 1.165) is 19.6 Å². The standard InChI is InChI=1S/C23H36N2O2/c1-18-16-25(15-14-24(18)17-22(26)27-23(2,3)4)21-13-9-8-12-20(21)19-10-6-5-7-11-19/h5-7,10-11,18,20-21H,8-9,12-17H2,1-4H3. The molecular formula is C23H36N2O2. The minimum absolute atomic E-state index is 0.109. The Kier molecular flexibility index (Phi) is 6.59. The molecule has 150 valence electrons. The maximum atomic E-state index is 12.2. The van der Waals surface area contributed by atoms with E-state index in [2.05, 4.69) is 47.1 Å². The number of hydrogen-bond donors (Lipinski definition) is 0. The fourth-order valence-electron chi connectivity index (χ4n) is 4.74. The summed E-state index contributed by atoms with van der Waals surface area (Å²) in [5.41, 5.74) is 1.08. The summed E-state index contributed by atoms with van der Waals surface area (Å²) >= 11 is 0. The van der Waals surface area contributed by atoms with Gasteiger partial charge in [0.15, 0.2) is 0 Å². The van der Waals surface area contributed by atoms with Crippen LogP contribution >= 0.6 is 0 Å². The molecule has 0 amide bonds. The molecule has 0 N–H and O–H groups in total. The number of nitrogens with zero attached hydrogens (tertiary/aromatic N) is 2. The lowest BCUT2D eigenvalue weighted by atomic mass is 9.79. The fraction of sp³-hybridized carbons (Fsp3) is 0.696. The van der Waals surface area contributed by atoms with Crippen molar-refractivity contribution in [1.29, 1.82) is 0 Å². The zero-order chi connectivity index (χ0) is 19.4. The number of benzene rings is 1. The zero-order valence-electron chi connectivity index (χ0n) is 17.5. The SMILES string of the molecule is CC1CN(C2CCCCC2c2ccccc2)CCN1CC(=O)OC(C)(C)C. The zero-order valence-corrected chi connectivity index (χ0v) is 17.5. The minimum Gasteiger partial charge on any atom is -0.459 e. The normalized spacial score (nSPS) is 28.1. The third kappa shape index (κ3) is 5.55. The summed E-state index contributed by atoms with van der Waals surface area (Å²) in [5.74, 6) is 0.534. The second kappa shape index (κ2) is 8.74. The van der Waals surface area contributed by atoms with Crippen LogP contribution in [-0.2, 0) is 9.53 Å². The van der Waals surface area contributed by atoms with Crippen LogP contribution in [-0.4, -0.2) is 59.6 Å². The molecular weight excluding hydrogens is 336 g/mol. The van der Waals surface area contributed by atoms with Crippen LogP contribution in [0.25, 0.3) is 0 Å². The number of hydrogen-bond acceptors (Lipinski definition) is 4. The van der Waals surface area contributed by atoms with Crippen LogP contribution in [0.3, 0.4) is 0 Å². The highest BCUT2D eigenvalue weighted by Crippen LogP contribution is 2.37. The summed E-state index contributed by atoms with van der Waals surface area (Å²) in [6.45, 7) is 11.5. The van der Waals surface area contributed by atoms with Crippen molar-refractivity contribution in [2.75, 3.05) is 26.2 Å². The van der Waals surface area contributed by atoms with Gasteiger partial charge in [0.25, 0.3) is 0 Å². The van der Waals surface area contributed by atoms with Gasteiger partial charge in [0.05, 0.1) is 6.54 Å². The first-order chi connectivity index (χ1) is 12.8. The highest BCUT2D eigenvalue weighted by atomic mass is 16.6. The highest BCUT2D eigenvalue weighted by molar-refractivity contribution is 5.72. The van der Waals surface area contributed by atoms with Gasteiger partial charge in [0.2, 0.25) is 0 Å². The molecule has 4 heteroatoms. The summed E-state index contributed by atoms with van der Waals surface area (Å²) in [6, 6.07) is 12.1. The molecule has 27 heavy (non-hydrogen) atoms. The Hall–Kier alpha value is -1.39. The third-order valence-electron chi connectivity index (χ3n) is 5.97. The van der Waals surface area contributed by atoms with Gasteiger partial charge in [-0.05, 0) is 52.0 Å². The monoisotopic (exact) mass is 372 g/mol. The Balaban J connectivity index is 1.60. The number of ether oxygens (including phenoxy) is 1. The minimum atomic E-state index is -0.410. The Morgan fingerprint density at radius 3 is 2.48 bits per heavy atom. The van der Waals surface area contributed by atoms with Crippen molar-refractivity contribution in [2.24, 2.45) is 0 Å². The van der Waals surface area contributed by atoms with Gasteiger partial charge in [-0.25, -0.2) is 0 Å². The number of carbonyl (C=O) groups is 1. The van der Waals surface area contributed by atoms with E-state index in [1.165, 1.54) is 31.2 Å². The average Bonchev–Trinajstić information content (AvgIpc) is 2.63. The van der Waals surface area contributed by atoms with Gasteiger partial charge in [0, 0.05) is 31.7 Å². The molecule has 1 aliphatic heterocycles. The lowest BCUT2D eigenvalue weighted by molar-refractivity contribution is -0.157. The molecule has 0 aromatic heterocycles. The molecule has 3 unspecified atom stereocenters. The second-order valence-corrected chi connectivity index (χ2v) is 9.27. The number of rotatable bonds is 4. The molecule has 1 aromatic rings. The van der Waals surface area contributed by atoms with Crippen LogP contribution in [0.2, 0.25) is 0 Å². The molecule has 3 rings (SSSR count). The third-order valence-corrected chi connectivity index (χ3v) is 5.97. The number of esters is 1. The molecule has 1 saturated heterocycles. The van der Waals surface area contributed by atoms with Crippen molar-refractivity contribution in [3.05, 3.63) is 35.9 Å². The molecule has 2 fully saturated rings. The molecule has 0 spiro atoms. The molecule has 0 radical (unpaired) electrons. The van der Waals surface area contributed by atoms with E-state index in [4.69, 9.17) is 4.74 Å². The Bertz CT molecular complexity index is 611. The lowest BCUT2D eigenvalue weighted by Crippen LogP contribution is -2.57. The van der Waals surface area contributed by atoms with Crippen molar-refractivity contribution in [2.45, 2.75) is 77.0 Å². The molecule has 2 aliphatic rings. The van der Waals surface area contributed by atoms with E-state index in [1.807, 2.05) is 20.8 Å². The maximum absolute atomic E-state index is 12.2. The van der Waals surface area contributed by atoms with Gasteiger partial charge in [-0.15, -0.1) is 0 Å². The van der Waals surface area contributed by atoms with E-state index >= 15 is 0 Å². The highest BCUT2D eigenvalue weighted by Gasteiger charge is 2.35. The first-order valence-corrected chi connectivity index (χ1v) is 10.6. The van der Waals surface area contributed by atoms with Crippen molar-refractivity contribution in [3.63, 3.8) is 0 Å². The molecule has 1 aromatic carbocycles. The predicted molar refractivity (Wildman–Crippen MR) is 110 cm³/mol. The number of piperazine rings is 1. The smallest absolute Gasteiger partial charge is 0.320 e. The largest absolute Gasteiger partial charge is 0.459 e. The summed E-state index contributed by atoms with van der Waals surface area (Å²) in [7, 11) is 0. The van der Waals surface area contributed by atoms with E-state index < -0.39 is 5.60 Å².